The number of rotatable bonds is 6. The lowest BCUT2D eigenvalue weighted by molar-refractivity contribution is -0.137. The number of aryl methyl sites for hydroxylation is 1. The van der Waals surface area contributed by atoms with Crippen molar-refractivity contribution in [2.24, 2.45) is 12.0 Å². The molecule has 25 heavy (non-hydrogen) atoms. The Morgan fingerprint density at radius 1 is 1.28 bits per heavy atom. The molecule has 0 bridgehead atoms. The number of halogens is 3. The minimum absolute atomic E-state index is 0.122. The third-order valence-electron chi connectivity index (χ3n) is 3.15. The fraction of sp³-hybridized carbons (Fsp3) is 0.429. The Kier molecular flexibility index (Phi) is 6.14. The van der Waals surface area contributed by atoms with Crippen LogP contribution in [0.25, 0.3) is 0 Å². The highest BCUT2D eigenvalue weighted by Crippen LogP contribution is 2.29. The molecular weight excluding hydrogens is 339 g/mol. The summed E-state index contributed by atoms with van der Waals surface area (Å²) in [7, 11) is 3.40. The largest absolute Gasteiger partial charge is 0.476 e. The summed E-state index contributed by atoms with van der Waals surface area (Å²) in [5, 5.41) is 10.0. The minimum atomic E-state index is -4.41. The molecule has 0 saturated carbocycles. The van der Waals surface area contributed by atoms with Gasteiger partial charge in [0.2, 0.25) is 5.88 Å². The SMILES string of the molecule is CN=C(NCCOc1ccc(C(F)(F)F)cn1)NCc1ncnn1C. The second kappa shape index (κ2) is 8.31. The van der Waals surface area contributed by atoms with Crippen LogP contribution in [-0.4, -0.2) is 45.9 Å². The van der Waals surface area contributed by atoms with E-state index in [4.69, 9.17) is 4.74 Å². The van der Waals surface area contributed by atoms with Crippen LogP contribution in [-0.2, 0) is 19.8 Å². The molecule has 0 aliphatic rings. The second-order valence-electron chi connectivity index (χ2n) is 4.88. The van der Waals surface area contributed by atoms with Crippen LogP contribution in [0.4, 0.5) is 13.2 Å². The molecule has 0 saturated heterocycles. The summed E-state index contributed by atoms with van der Waals surface area (Å²) >= 11 is 0. The highest BCUT2D eigenvalue weighted by molar-refractivity contribution is 5.79. The molecule has 0 radical (unpaired) electrons. The molecule has 0 fully saturated rings. The molecule has 0 amide bonds. The Hall–Kier alpha value is -2.85. The summed E-state index contributed by atoms with van der Waals surface area (Å²) < 4.78 is 44.2. The molecule has 0 spiro atoms. The zero-order chi connectivity index (χ0) is 18.3. The number of nitrogens with zero attached hydrogens (tertiary/aromatic N) is 5. The number of nitrogens with one attached hydrogen (secondary N) is 2. The Morgan fingerprint density at radius 2 is 2.08 bits per heavy atom. The van der Waals surface area contributed by atoms with E-state index in [0.717, 1.165) is 18.1 Å². The van der Waals surface area contributed by atoms with Gasteiger partial charge in [-0.15, -0.1) is 0 Å². The van der Waals surface area contributed by atoms with Gasteiger partial charge in [-0.3, -0.25) is 9.67 Å². The number of aliphatic imine (C=N–C) groups is 1. The predicted molar refractivity (Wildman–Crippen MR) is 83.9 cm³/mol. The van der Waals surface area contributed by atoms with Gasteiger partial charge in [-0.05, 0) is 6.07 Å². The van der Waals surface area contributed by atoms with E-state index in [1.54, 1.807) is 18.8 Å². The van der Waals surface area contributed by atoms with Gasteiger partial charge in [0.05, 0.1) is 18.7 Å². The molecule has 11 heteroatoms. The number of ether oxygens (including phenoxy) is 1. The summed E-state index contributed by atoms with van der Waals surface area (Å²) in [5.74, 6) is 1.40. The standard InChI is InChI=1S/C14H18F3N7O/c1-18-13(21-8-11-22-9-23-24(11)2)19-5-6-25-12-4-3-10(7-20-12)14(15,16)17/h3-4,7,9H,5-6,8H2,1-2H3,(H2,18,19,21). The number of hydrogen-bond acceptors (Lipinski definition) is 5. The van der Waals surface area contributed by atoms with Crippen molar-refractivity contribution in [3.63, 3.8) is 0 Å². The van der Waals surface area contributed by atoms with Crippen molar-refractivity contribution in [1.82, 2.24) is 30.4 Å². The van der Waals surface area contributed by atoms with E-state index in [0.29, 0.717) is 19.0 Å². The molecule has 0 atom stereocenters. The summed E-state index contributed by atoms with van der Waals surface area (Å²) in [6.45, 7) is 1.04. The first kappa shape index (κ1) is 18.5. The van der Waals surface area contributed by atoms with Crippen LogP contribution >= 0.6 is 0 Å². The monoisotopic (exact) mass is 357 g/mol. The number of pyridine rings is 1. The predicted octanol–water partition coefficient (Wildman–Crippen LogP) is 0.973. The van der Waals surface area contributed by atoms with E-state index >= 15 is 0 Å². The van der Waals surface area contributed by atoms with Crippen molar-refractivity contribution in [1.29, 1.82) is 0 Å². The van der Waals surface area contributed by atoms with E-state index in [1.165, 1.54) is 12.4 Å². The van der Waals surface area contributed by atoms with Crippen molar-refractivity contribution in [3.05, 3.63) is 36.0 Å². The molecule has 2 aromatic heterocycles. The highest BCUT2D eigenvalue weighted by Gasteiger charge is 2.30. The fourth-order valence-corrected chi connectivity index (χ4v) is 1.82. The van der Waals surface area contributed by atoms with E-state index in [1.807, 2.05) is 0 Å². The summed E-state index contributed by atoms with van der Waals surface area (Å²) in [6.07, 6.45) is -2.21. The Bertz CT molecular complexity index is 697. The number of alkyl halides is 3. The third-order valence-corrected chi connectivity index (χ3v) is 3.15. The summed E-state index contributed by atoms with van der Waals surface area (Å²) in [6, 6.07) is 2.11. The van der Waals surface area contributed by atoms with Gasteiger partial charge in [-0.2, -0.15) is 18.3 Å². The van der Waals surface area contributed by atoms with Crippen molar-refractivity contribution in [2.45, 2.75) is 12.7 Å². The van der Waals surface area contributed by atoms with Gasteiger partial charge in [0.1, 0.15) is 18.8 Å². The zero-order valence-corrected chi connectivity index (χ0v) is 13.7. The Labute approximate surface area is 142 Å². The van der Waals surface area contributed by atoms with Gasteiger partial charge in [0.15, 0.2) is 5.96 Å². The lowest BCUT2D eigenvalue weighted by Gasteiger charge is -2.12. The molecule has 2 aromatic rings. The zero-order valence-electron chi connectivity index (χ0n) is 13.7. The van der Waals surface area contributed by atoms with Gasteiger partial charge in [0.25, 0.3) is 0 Å². The van der Waals surface area contributed by atoms with Crippen LogP contribution in [0, 0.1) is 0 Å². The lowest BCUT2D eigenvalue weighted by atomic mass is 10.3. The van der Waals surface area contributed by atoms with Crippen LogP contribution in [0.2, 0.25) is 0 Å². The van der Waals surface area contributed by atoms with Gasteiger partial charge in [-0.1, -0.05) is 0 Å². The number of aromatic nitrogens is 4. The fourth-order valence-electron chi connectivity index (χ4n) is 1.82. The Morgan fingerprint density at radius 3 is 2.64 bits per heavy atom. The normalized spacial score (nSPS) is 12.1. The molecule has 0 unspecified atom stereocenters. The van der Waals surface area contributed by atoms with Crippen LogP contribution in [0.1, 0.15) is 11.4 Å². The van der Waals surface area contributed by atoms with Gasteiger partial charge in [0, 0.05) is 26.4 Å². The maximum absolute atomic E-state index is 12.4. The first-order valence-electron chi connectivity index (χ1n) is 7.33. The van der Waals surface area contributed by atoms with E-state index in [2.05, 4.69) is 30.7 Å². The van der Waals surface area contributed by atoms with Gasteiger partial charge >= 0.3 is 6.18 Å². The van der Waals surface area contributed by atoms with Gasteiger partial charge < -0.3 is 15.4 Å². The molecule has 2 N–H and O–H groups in total. The van der Waals surface area contributed by atoms with Crippen LogP contribution < -0.4 is 15.4 Å². The van der Waals surface area contributed by atoms with Gasteiger partial charge in [-0.25, -0.2) is 9.97 Å². The topological polar surface area (TPSA) is 89.2 Å². The number of guanidine groups is 1. The quantitative estimate of drug-likeness (QED) is 0.455. The summed E-state index contributed by atoms with van der Waals surface area (Å²) in [4.78, 5) is 11.7. The molecule has 0 aliphatic heterocycles. The van der Waals surface area contributed by atoms with E-state index in [-0.39, 0.29) is 12.5 Å². The smallest absolute Gasteiger partial charge is 0.417 e. The van der Waals surface area contributed by atoms with Crippen molar-refractivity contribution in [2.75, 3.05) is 20.2 Å². The number of hydrogen-bond donors (Lipinski definition) is 2. The first-order valence-corrected chi connectivity index (χ1v) is 7.33. The third kappa shape index (κ3) is 5.62. The molecule has 136 valence electrons. The lowest BCUT2D eigenvalue weighted by Crippen LogP contribution is -2.39. The van der Waals surface area contributed by atoms with E-state index in [9.17, 15) is 13.2 Å². The van der Waals surface area contributed by atoms with Crippen molar-refractivity contribution >= 4 is 5.96 Å². The van der Waals surface area contributed by atoms with Crippen molar-refractivity contribution in [3.8, 4) is 5.88 Å². The van der Waals surface area contributed by atoms with Crippen molar-refractivity contribution < 1.29 is 17.9 Å². The Balaban J connectivity index is 1.71. The molecule has 2 rings (SSSR count). The summed E-state index contributed by atoms with van der Waals surface area (Å²) in [5.41, 5.74) is -0.814. The molecule has 0 aromatic carbocycles. The highest BCUT2D eigenvalue weighted by atomic mass is 19.4. The molecule has 8 nitrogen and oxygen atoms in total. The molecular formula is C14H18F3N7O. The van der Waals surface area contributed by atoms with Crippen LogP contribution in [0.5, 0.6) is 5.88 Å². The molecule has 2 heterocycles. The minimum Gasteiger partial charge on any atom is -0.476 e. The first-order chi connectivity index (χ1) is 11.9. The maximum Gasteiger partial charge on any atom is 0.417 e. The average Bonchev–Trinajstić information content (AvgIpc) is 2.99. The maximum atomic E-state index is 12.4. The molecule has 0 aliphatic carbocycles. The second-order valence-corrected chi connectivity index (χ2v) is 4.88. The van der Waals surface area contributed by atoms with E-state index < -0.39 is 11.7 Å². The van der Waals surface area contributed by atoms with Crippen LogP contribution in [0.3, 0.4) is 0 Å². The van der Waals surface area contributed by atoms with Crippen LogP contribution in [0.15, 0.2) is 29.6 Å². The average molecular weight is 357 g/mol.